The van der Waals surface area contributed by atoms with E-state index in [1.165, 1.54) is 13.0 Å². The molecule has 2 atom stereocenters. The number of ether oxygens (including phenoxy) is 1. The molecule has 6 nitrogen and oxygen atoms in total. The Bertz CT molecular complexity index is 344. The lowest BCUT2D eigenvalue weighted by Crippen LogP contribution is -2.67. The van der Waals surface area contributed by atoms with Crippen molar-refractivity contribution in [3.05, 3.63) is 12.7 Å². The average molecular weight is 290 g/mol. The van der Waals surface area contributed by atoms with Gasteiger partial charge in [0.1, 0.15) is 6.10 Å². The predicted octanol–water partition coefficient (Wildman–Crippen LogP) is 0.900. The van der Waals surface area contributed by atoms with Gasteiger partial charge in [-0.2, -0.15) is 0 Å². The first-order valence-corrected chi connectivity index (χ1v) is 6.55. The molecule has 0 aliphatic heterocycles. The van der Waals surface area contributed by atoms with Gasteiger partial charge in [-0.1, -0.05) is 33.8 Å². The first-order valence-electron chi connectivity index (χ1n) is 6.55. The van der Waals surface area contributed by atoms with E-state index in [4.69, 9.17) is 4.74 Å². The second kappa shape index (κ2) is 6.67. The normalized spacial score (nSPS) is 17.4. The van der Waals surface area contributed by atoms with Crippen molar-refractivity contribution in [2.75, 3.05) is 6.61 Å². The van der Waals surface area contributed by atoms with E-state index < -0.39 is 28.9 Å². The Morgan fingerprint density at radius 2 is 1.85 bits per heavy atom. The number of aliphatic hydroxyl groups is 3. The maximum absolute atomic E-state index is 11.7. The van der Waals surface area contributed by atoms with Crippen LogP contribution in [0.3, 0.4) is 0 Å². The summed E-state index contributed by atoms with van der Waals surface area (Å²) in [5.41, 5.74) is -2.90. The maximum atomic E-state index is 11.7. The summed E-state index contributed by atoms with van der Waals surface area (Å²) in [6.45, 7) is 10.0. The summed E-state index contributed by atoms with van der Waals surface area (Å²) in [5, 5.41) is 39.7. The van der Waals surface area contributed by atoms with Crippen LogP contribution in [0.15, 0.2) is 12.7 Å². The van der Waals surface area contributed by atoms with Crippen LogP contribution < -0.4 is 0 Å². The lowest BCUT2D eigenvalue weighted by molar-refractivity contribution is -0.325. The molecule has 0 heterocycles. The highest BCUT2D eigenvalue weighted by atomic mass is 16.6. The number of rotatable bonds is 8. The molecule has 6 heteroatoms. The highest BCUT2D eigenvalue weighted by molar-refractivity contribution is 5.79. The van der Waals surface area contributed by atoms with E-state index in [-0.39, 0.29) is 19.4 Å². The Balaban J connectivity index is 5.84. The van der Waals surface area contributed by atoms with Crippen LogP contribution >= 0.6 is 0 Å². The molecule has 0 aliphatic rings. The van der Waals surface area contributed by atoms with E-state index in [1.54, 1.807) is 20.8 Å². The smallest absolute Gasteiger partial charge is 0.341 e. The third-order valence-corrected chi connectivity index (χ3v) is 3.02. The first-order chi connectivity index (χ1) is 8.94. The second-order valence-electron chi connectivity index (χ2n) is 6.12. The number of carbonyl (C=O) groups is 1. The predicted molar refractivity (Wildman–Crippen MR) is 74.1 cm³/mol. The maximum Gasteiger partial charge on any atom is 0.341 e. The molecule has 0 aromatic carbocycles. The molecule has 0 fully saturated rings. The van der Waals surface area contributed by atoms with Gasteiger partial charge in [-0.15, -0.1) is 6.58 Å². The molecule has 0 bridgehead atoms. The second-order valence-corrected chi connectivity index (χ2v) is 6.12. The van der Waals surface area contributed by atoms with Crippen molar-refractivity contribution in [2.24, 2.45) is 5.41 Å². The molecule has 0 saturated heterocycles. The van der Waals surface area contributed by atoms with E-state index in [9.17, 15) is 25.2 Å². The number of hydrogen-bond donors (Lipinski definition) is 4. The highest BCUT2D eigenvalue weighted by Gasteiger charge is 2.61. The van der Waals surface area contributed by atoms with Crippen LogP contribution in [0, 0.1) is 5.41 Å². The molecule has 0 spiro atoms. The zero-order valence-electron chi connectivity index (χ0n) is 12.6. The SMILES string of the molecule is C=CCOC(CC(C)(C)C)(C(=O)O)C(O)(O)C(O)CC. The van der Waals surface area contributed by atoms with Crippen molar-refractivity contribution >= 4 is 5.97 Å². The minimum Gasteiger partial charge on any atom is -0.479 e. The fourth-order valence-corrected chi connectivity index (χ4v) is 2.08. The van der Waals surface area contributed by atoms with Crippen molar-refractivity contribution in [3.8, 4) is 0 Å². The van der Waals surface area contributed by atoms with E-state index >= 15 is 0 Å². The van der Waals surface area contributed by atoms with Crippen molar-refractivity contribution in [1.29, 1.82) is 0 Å². The Morgan fingerprint density at radius 1 is 1.35 bits per heavy atom. The molecule has 2 unspecified atom stereocenters. The van der Waals surface area contributed by atoms with Gasteiger partial charge >= 0.3 is 5.97 Å². The summed E-state index contributed by atoms with van der Waals surface area (Å²) in [6, 6.07) is 0. The quantitative estimate of drug-likeness (QED) is 0.391. The van der Waals surface area contributed by atoms with Crippen molar-refractivity contribution in [2.45, 2.75) is 58.0 Å². The number of aliphatic hydroxyl groups excluding tert-OH is 1. The number of hydrogen-bond acceptors (Lipinski definition) is 5. The molecule has 4 N–H and O–H groups in total. The average Bonchev–Trinajstić information content (AvgIpc) is 2.31. The lowest BCUT2D eigenvalue weighted by atomic mass is 9.75. The summed E-state index contributed by atoms with van der Waals surface area (Å²) in [6.07, 6.45) is -0.545. The molecule has 0 aliphatic carbocycles. The zero-order chi connectivity index (χ0) is 16.2. The van der Waals surface area contributed by atoms with E-state index in [1.807, 2.05) is 0 Å². The van der Waals surface area contributed by atoms with E-state index in [0.29, 0.717) is 0 Å². The molecule has 0 aromatic heterocycles. The van der Waals surface area contributed by atoms with E-state index in [2.05, 4.69) is 6.58 Å². The van der Waals surface area contributed by atoms with Crippen LogP contribution in [0.4, 0.5) is 0 Å². The molecule has 118 valence electrons. The molecular weight excluding hydrogens is 264 g/mol. The number of aliphatic carboxylic acids is 1. The lowest BCUT2D eigenvalue weighted by Gasteiger charge is -2.45. The van der Waals surface area contributed by atoms with Crippen molar-refractivity contribution < 1.29 is 30.0 Å². The fourth-order valence-electron chi connectivity index (χ4n) is 2.08. The summed E-state index contributed by atoms with van der Waals surface area (Å²) in [5.74, 6) is -4.45. The van der Waals surface area contributed by atoms with Gasteiger partial charge in [-0.05, 0) is 18.3 Å². The highest BCUT2D eigenvalue weighted by Crippen LogP contribution is 2.39. The van der Waals surface area contributed by atoms with Gasteiger partial charge in [0.25, 0.3) is 0 Å². The third kappa shape index (κ3) is 4.02. The van der Waals surface area contributed by atoms with Gasteiger partial charge < -0.3 is 25.2 Å². The first kappa shape index (κ1) is 19.1. The molecule has 0 aromatic rings. The molecule has 0 saturated carbocycles. The minimum absolute atomic E-state index is 0.0242. The molecule has 20 heavy (non-hydrogen) atoms. The summed E-state index contributed by atoms with van der Waals surface area (Å²) < 4.78 is 5.23. The Hall–Kier alpha value is -0.950. The van der Waals surface area contributed by atoms with Gasteiger partial charge in [0.05, 0.1) is 6.61 Å². The topological polar surface area (TPSA) is 107 Å². The van der Waals surface area contributed by atoms with Crippen molar-refractivity contribution in [3.63, 3.8) is 0 Å². The van der Waals surface area contributed by atoms with Crippen LogP contribution in [0.5, 0.6) is 0 Å². The van der Waals surface area contributed by atoms with E-state index in [0.717, 1.165) is 0 Å². The van der Waals surface area contributed by atoms with Gasteiger partial charge in [-0.25, -0.2) is 4.79 Å². The summed E-state index contributed by atoms with van der Waals surface area (Å²) in [4.78, 5) is 11.7. The largest absolute Gasteiger partial charge is 0.479 e. The fraction of sp³-hybridized carbons (Fsp3) is 0.786. The van der Waals surface area contributed by atoms with Gasteiger partial charge in [0.2, 0.25) is 11.4 Å². The zero-order valence-corrected chi connectivity index (χ0v) is 12.6. The van der Waals surface area contributed by atoms with Crippen LogP contribution in [0.1, 0.15) is 40.5 Å². The molecule has 0 amide bonds. The van der Waals surface area contributed by atoms with Gasteiger partial charge in [0, 0.05) is 0 Å². The Kier molecular flexibility index (Phi) is 6.35. The molecule has 0 rings (SSSR count). The Labute approximate surface area is 119 Å². The van der Waals surface area contributed by atoms with Crippen LogP contribution in [-0.2, 0) is 9.53 Å². The molecule has 0 radical (unpaired) electrons. The van der Waals surface area contributed by atoms with Gasteiger partial charge in [0.15, 0.2) is 0 Å². The van der Waals surface area contributed by atoms with Crippen LogP contribution in [-0.4, -0.2) is 50.5 Å². The van der Waals surface area contributed by atoms with Gasteiger partial charge in [-0.3, -0.25) is 0 Å². The monoisotopic (exact) mass is 290 g/mol. The summed E-state index contributed by atoms with van der Waals surface area (Å²) in [7, 11) is 0. The minimum atomic E-state index is -2.91. The number of carboxylic acid groups (broad SMARTS) is 1. The van der Waals surface area contributed by atoms with Crippen LogP contribution in [0.2, 0.25) is 0 Å². The van der Waals surface area contributed by atoms with Crippen molar-refractivity contribution in [1.82, 2.24) is 0 Å². The van der Waals surface area contributed by atoms with Crippen LogP contribution in [0.25, 0.3) is 0 Å². The Morgan fingerprint density at radius 3 is 2.15 bits per heavy atom. The molecular formula is C14H26O6. The standard InChI is InChI=1S/C14H26O6/c1-6-8-20-13(11(16)17,9-12(3,4)5)14(18,19)10(15)7-2/h6,10,15,18-19H,1,7-9H2,2-5H3,(H,16,17). The third-order valence-electron chi connectivity index (χ3n) is 3.02. The number of carboxylic acids is 1. The summed E-state index contributed by atoms with van der Waals surface area (Å²) >= 11 is 0.